The van der Waals surface area contributed by atoms with E-state index in [1.54, 1.807) is 17.5 Å². The Balaban J connectivity index is 1.50. The van der Waals surface area contributed by atoms with Gasteiger partial charge in [0.1, 0.15) is 11.5 Å². The van der Waals surface area contributed by atoms with Crippen LogP contribution in [0.15, 0.2) is 52.5 Å². The summed E-state index contributed by atoms with van der Waals surface area (Å²) in [7, 11) is 0. The van der Waals surface area contributed by atoms with Crippen molar-refractivity contribution in [3.63, 3.8) is 0 Å². The van der Waals surface area contributed by atoms with Crippen LogP contribution in [0.1, 0.15) is 19.1 Å². The molecule has 0 saturated heterocycles. The third kappa shape index (κ3) is 4.14. The van der Waals surface area contributed by atoms with Gasteiger partial charge in [0.25, 0.3) is 0 Å². The van der Waals surface area contributed by atoms with E-state index in [1.165, 1.54) is 0 Å². The molecule has 24 heavy (non-hydrogen) atoms. The van der Waals surface area contributed by atoms with E-state index in [4.69, 9.17) is 4.42 Å². The van der Waals surface area contributed by atoms with Crippen molar-refractivity contribution in [1.82, 2.24) is 14.7 Å². The summed E-state index contributed by atoms with van der Waals surface area (Å²) < 4.78 is 7.68. The Morgan fingerprint density at radius 2 is 2.25 bits per heavy atom. The van der Waals surface area contributed by atoms with E-state index in [0.29, 0.717) is 25.9 Å². The average Bonchev–Trinajstić information content (AvgIpc) is 3.33. The summed E-state index contributed by atoms with van der Waals surface area (Å²) in [5, 5.41) is 6.19. The molecule has 0 N–H and O–H groups in total. The van der Waals surface area contributed by atoms with E-state index in [0.717, 1.165) is 22.9 Å². The van der Waals surface area contributed by atoms with Crippen LogP contribution in [0, 0.1) is 0 Å². The Kier molecular flexibility index (Phi) is 5.48. The largest absolute Gasteiger partial charge is 0.460 e. The van der Waals surface area contributed by atoms with Crippen molar-refractivity contribution in [2.24, 2.45) is 0 Å². The predicted octanol–water partition coefficient (Wildman–Crippen LogP) is 3.69. The molecule has 5 nitrogen and oxygen atoms in total. The summed E-state index contributed by atoms with van der Waals surface area (Å²) in [5.74, 6) is 1.88. The minimum Gasteiger partial charge on any atom is -0.460 e. The number of hydrogen-bond donors (Lipinski definition) is 0. The van der Waals surface area contributed by atoms with Gasteiger partial charge in [0.2, 0.25) is 5.91 Å². The maximum absolute atomic E-state index is 12.4. The molecule has 3 aromatic heterocycles. The lowest BCUT2D eigenvalue weighted by atomic mass is 10.2. The zero-order chi connectivity index (χ0) is 16.8. The number of carbonyl (C=O) groups is 1. The second-order valence-corrected chi connectivity index (χ2v) is 6.43. The number of hydrogen-bond acceptors (Lipinski definition) is 4. The first kappa shape index (κ1) is 16.5. The number of furan rings is 1. The van der Waals surface area contributed by atoms with Crippen molar-refractivity contribution in [1.29, 1.82) is 0 Å². The summed E-state index contributed by atoms with van der Waals surface area (Å²) in [6.07, 6.45) is 4.75. The molecule has 0 saturated carbocycles. The summed E-state index contributed by atoms with van der Waals surface area (Å²) >= 11 is 1.65. The molecular weight excluding hydrogens is 322 g/mol. The van der Waals surface area contributed by atoms with Gasteiger partial charge in [-0.05, 0) is 36.6 Å². The monoisotopic (exact) mass is 343 g/mol. The molecule has 0 fully saturated rings. The lowest BCUT2D eigenvalue weighted by Gasteiger charge is -2.20. The highest BCUT2D eigenvalue weighted by atomic mass is 32.1. The molecule has 126 valence electrons. The van der Waals surface area contributed by atoms with Crippen LogP contribution in [0.25, 0.3) is 10.6 Å². The molecule has 0 spiro atoms. The maximum Gasteiger partial charge on any atom is 0.223 e. The second kappa shape index (κ2) is 7.97. The van der Waals surface area contributed by atoms with Crippen LogP contribution in [0.4, 0.5) is 0 Å². The standard InChI is InChI=1S/C18H21N3O2S/c1-2-20(12-13-21-11-4-10-19-21)18(22)9-7-15-6-8-16(23-15)17-5-3-14-24-17/h3-6,8,10-11,14H,2,7,9,12-13H2,1H3. The van der Waals surface area contributed by atoms with E-state index < -0.39 is 0 Å². The van der Waals surface area contributed by atoms with Crippen LogP contribution in [0.5, 0.6) is 0 Å². The molecule has 0 aromatic carbocycles. The minimum absolute atomic E-state index is 0.152. The van der Waals surface area contributed by atoms with Crippen molar-refractivity contribution in [2.75, 3.05) is 13.1 Å². The van der Waals surface area contributed by atoms with E-state index >= 15 is 0 Å². The minimum atomic E-state index is 0.152. The van der Waals surface area contributed by atoms with Gasteiger partial charge in [0.05, 0.1) is 11.4 Å². The van der Waals surface area contributed by atoms with Crippen LogP contribution >= 0.6 is 11.3 Å². The van der Waals surface area contributed by atoms with Gasteiger partial charge in [-0.3, -0.25) is 9.48 Å². The Morgan fingerprint density at radius 1 is 1.33 bits per heavy atom. The molecule has 0 unspecified atom stereocenters. The van der Waals surface area contributed by atoms with Gasteiger partial charge < -0.3 is 9.32 Å². The van der Waals surface area contributed by atoms with Gasteiger partial charge in [0.15, 0.2) is 0 Å². The number of rotatable bonds is 8. The summed E-state index contributed by atoms with van der Waals surface area (Å²) in [6.45, 7) is 4.10. The maximum atomic E-state index is 12.4. The first-order chi connectivity index (χ1) is 11.8. The Hall–Kier alpha value is -2.34. The number of amides is 1. The molecule has 0 atom stereocenters. The molecule has 6 heteroatoms. The molecule has 3 rings (SSSR count). The van der Waals surface area contributed by atoms with Gasteiger partial charge in [-0.2, -0.15) is 5.10 Å². The summed E-state index contributed by atoms with van der Waals surface area (Å²) in [6, 6.07) is 9.86. The number of likely N-dealkylation sites (N-methyl/N-ethyl adjacent to an activating group) is 1. The number of carbonyl (C=O) groups excluding carboxylic acids is 1. The number of aromatic nitrogens is 2. The third-order valence-corrected chi connectivity index (χ3v) is 4.79. The summed E-state index contributed by atoms with van der Waals surface area (Å²) in [5.41, 5.74) is 0. The van der Waals surface area contributed by atoms with E-state index in [2.05, 4.69) is 5.10 Å². The molecule has 3 aromatic rings. The van der Waals surface area contributed by atoms with E-state index in [9.17, 15) is 4.79 Å². The van der Waals surface area contributed by atoms with Gasteiger partial charge in [-0.25, -0.2) is 0 Å². The SMILES string of the molecule is CCN(CCn1cccn1)C(=O)CCc1ccc(-c2cccs2)o1. The fourth-order valence-electron chi connectivity index (χ4n) is 2.57. The Labute approximate surface area is 145 Å². The van der Waals surface area contributed by atoms with Gasteiger partial charge in [-0.15, -0.1) is 11.3 Å². The number of thiophene rings is 1. The van der Waals surface area contributed by atoms with Crippen molar-refractivity contribution in [2.45, 2.75) is 26.3 Å². The molecule has 0 bridgehead atoms. The number of nitrogens with zero attached hydrogens (tertiary/aromatic N) is 3. The third-order valence-electron chi connectivity index (χ3n) is 3.90. The van der Waals surface area contributed by atoms with Crippen molar-refractivity contribution in [3.05, 3.63) is 53.9 Å². The van der Waals surface area contributed by atoms with Crippen molar-refractivity contribution < 1.29 is 9.21 Å². The zero-order valence-electron chi connectivity index (χ0n) is 13.7. The van der Waals surface area contributed by atoms with Crippen molar-refractivity contribution in [3.8, 4) is 10.6 Å². The van der Waals surface area contributed by atoms with Crippen LogP contribution < -0.4 is 0 Å². The van der Waals surface area contributed by atoms with Gasteiger partial charge in [-0.1, -0.05) is 6.07 Å². The molecule has 0 aliphatic rings. The van der Waals surface area contributed by atoms with E-state index in [1.807, 2.05) is 58.4 Å². The fraction of sp³-hybridized carbons (Fsp3) is 0.333. The quantitative estimate of drug-likeness (QED) is 0.627. The average molecular weight is 343 g/mol. The number of aryl methyl sites for hydroxylation is 1. The first-order valence-electron chi connectivity index (χ1n) is 8.14. The van der Waals surface area contributed by atoms with Crippen LogP contribution in [-0.4, -0.2) is 33.7 Å². The molecule has 1 amide bonds. The van der Waals surface area contributed by atoms with Gasteiger partial charge >= 0.3 is 0 Å². The normalized spacial score (nSPS) is 10.9. The van der Waals surface area contributed by atoms with Crippen LogP contribution in [0.3, 0.4) is 0 Å². The lowest BCUT2D eigenvalue weighted by molar-refractivity contribution is -0.131. The highest BCUT2D eigenvalue weighted by Gasteiger charge is 2.13. The fourth-order valence-corrected chi connectivity index (χ4v) is 3.25. The lowest BCUT2D eigenvalue weighted by Crippen LogP contribution is -2.33. The van der Waals surface area contributed by atoms with Crippen LogP contribution in [0.2, 0.25) is 0 Å². The summed E-state index contributed by atoms with van der Waals surface area (Å²) in [4.78, 5) is 15.4. The first-order valence-corrected chi connectivity index (χ1v) is 9.02. The smallest absolute Gasteiger partial charge is 0.223 e. The molecule has 0 radical (unpaired) electrons. The molecule has 3 heterocycles. The van der Waals surface area contributed by atoms with Crippen molar-refractivity contribution >= 4 is 17.2 Å². The zero-order valence-corrected chi connectivity index (χ0v) is 14.5. The Bertz CT molecular complexity index is 747. The van der Waals surface area contributed by atoms with Crippen LogP contribution in [-0.2, 0) is 17.8 Å². The second-order valence-electron chi connectivity index (χ2n) is 5.49. The molecular formula is C18H21N3O2S. The predicted molar refractivity (Wildman–Crippen MR) is 94.8 cm³/mol. The highest BCUT2D eigenvalue weighted by Crippen LogP contribution is 2.26. The van der Waals surface area contributed by atoms with E-state index in [-0.39, 0.29) is 5.91 Å². The topological polar surface area (TPSA) is 51.3 Å². The highest BCUT2D eigenvalue weighted by molar-refractivity contribution is 7.13. The Morgan fingerprint density at radius 3 is 2.96 bits per heavy atom. The molecule has 0 aliphatic heterocycles. The molecule has 0 aliphatic carbocycles. The van der Waals surface area contributed by atoms with Gasteiger partial charge in [0, 0.05) is 38.3 Å².